The van der Waals surface area contributed by atoms with Crippen LogP contribution in [0.1, 0.15) is 45.1 Å². The zero-order valence-corrected chi connectivity index (χ0v) is 11.8. The number of carboxylic acid groups (broad SMARTS) is 1. The number of aliphatic carboxylic acids is 1. The van der Waals surface area contributed by atoms with Crippen molar-refractivity contribution in [1.29, 1.82) is 0 Å². The van der Waals surface area contributed by atoms with Crippen molar-refractivity contribution in [3.8, 4) is 11.5 Å². The van der Waals surface area contributed by atoms with Gasteiger partial charge in [0.25, 0.3) is 0 Å². The Morgan fingerprint density at radius 1 is 1.21 bits per heavy atom. The molecule has 0 aromatic heterocycles. The van der Waals surface area contributed by atoms with Gasteiger partial charge in [0.1, 0.15) is 0 Å². The fourth-order valence-corrected chi connectivity index (χ4v) is 1.88. The summed E-state index contributed by atoms with van der Waals surface area (Å²) in [4.78, 5) is 10.6. The molecule has 1 rings (SSSR count). The molecule has 0 saturated carbocycles. The fraction of sp³-hybridized carbons (Fsp3) is 0.533. The van der Waals surface area contributed by atoms with Crippen LogP contribution in [0.3, 0.4) is 0 Å². The van der Waals surface area contributed by atoms with Crippen molar-refractivity contribution in [1.82, 2.24) is 0 Å². The first kappa shape index (κ1) is 15.3. The lowest BCUT2D eigenvalue weighted by atomic mass is 9.96. The van der Waals surface area contributed by atoms with Crippen LogP contribution in [0.15, 0.2) is 18.2 Å². The number of hydrogen-bond acceptors (Lipinski definition) is 3. The molecule has 4 heteroatoms. The van der Waals surface area contributed by atoms with Gasteiger partial charge in [0.2, 0.25) is 0 Å². The normalized spacial score (nSPS) is 11.9. The molecular formula is C15H22O4. The SMILES string of the molecule is CCOc1ccc(C(C)CCC(=O)O)cc1OCC. The summed E-state index contributed by atoms with van der Waals surface area (Å²) in [5, 5.41) is 8.72. The molecule has 0 aliphatic rings. The van der Waals surface area contributed by atoms with E-state index in [1.165, 1.54) is 0 Å². The van der Waals surface area contributed by atoms with Gasteiger partial charge in [-0.2, -0.15) is 0 Å². The minimum absolute atomic E-state index is 0.179. The van der Waals surface area contributed by atoms with E-state index < -0.39 is 5.97 Å². The van der Waals surface area contributed by atoms with Crippen molar-refractivity contribution in [3.05, 3.63) is 23.8 Å². The van der Waals surface area contributed by atoms with Crippen LogP contribution in [0.4, 0.5) is 0 Å². The van der Waals surface area contributed by atoms with E-state index in [0.717, 1.165) is 17.1 Å². The number of benzene rings is 1. The van der Waals surface area contributed by atoms with Gasteiger partial charge in [0.15, 0.2) is 11.5 Å². The summed E-state index contributed by atoms with van der Waals surface area (Å²) in [7, 11) is 0. The number of carbonyl (C=O) groups is 1. The molecule has 0 saturated heterocycles. The van der Waals surface area contributed by atoms with E-state index >= 15 is 0 Å². The largest absolute Gasteiger partial charge is 0.490 e. The number of rotatable bonds is 8. The molecule has 19 heavy (non-hydrogen) atoms. The van der Waals surface area contributed by atoms with Crippen molar-refractivity contribution in [3.63, 3.8) is 0 Å². The van der Waals surface area contributed by atoms with E-state index in [9.17, 15) is 4.79 Å². The third-order valence-corrected chi connectivity index (χ3v) is 2.93. The average molecular weight is 266 g/mol. The van der Waals surface area contributed by atoms with Gasteiger partial charge >= 0.3 is 5.97 Å². The maximum Gasteiger partial charge on any atom is 0.303 e. The predicted molar refractivity (Wildman–Crippen MR) is 74.1 cm³/mol. The minimum Gasteiger partial charge on any atom is -0.490 e. The molecule has 0 spiro atoms. The lowest BCUT2D eigenvalue weighted by Crippen LogP contribution is -2.02. The van der Waals surface area contributed by atoms with Gasteiger partial charge in [-0.15, -0.1) is 0 Å². The molecule has 1 N–H and O–H groups in total. The van der Waals surface area contributed by atoms with Gasteiger partial charge in [-0.05, 0) is 43.9 Å². The molecule has 1 aromatic rings. The van der Waals surface area contributed by atoms with Crippen LogP contribution < -0.4 is 9.47 Å². The maximum absolute atomic E-state index is 10.6. The predicted octanol–water partition coefficient (Wildman–Crippen LogP) is 3.45. The minimum atomic E-state index is -0.761. The van der Waals surface area contributed by atoms with E-state index in [2.05, 4.69) is 0 Å². The average Bonchev–Trinajstić information content (AvgIpc) is 2.38. The number of ether oxygens (including phenoxy) is 2. The van der Waals surface area contributed by atoms with Crippen LogP contribution in [0.2, 0.25) is 0 Å². The second-order valence-corrected chi connectivity index (χ2v) is 4.41. The smallest absolute Gasteiger partial charge is 0.303 e. The Hall–Kier alpha value is -1.71. The van der Waals surface area contributed by atoms with Crippen LogP contribution in [0, 0.1) is 0 Å². The molecule has 0 amide bonds. The molecule has 106 valence electrons. The quantitative estimate of drug-likeness (QED) is 0.783. The first-order chi connectivity index (χ1) is 9.08. The second-order valence-electron chi connectivity index (χ2n) is 4.41. The number of carboxylic acids is 1. The molecule has 0 heterocycles. The highest BCUT2D eigenvalue weighted by atomic mass is 16.5. The van der Waals surface area contributed by atoms with Gasteiger partial charge in [-0.1, -0.05) is 13.0 Å². The Labute approximate surface area is 114 Å². The molecule has 1 aromatic carbocycles. The highest BCUT2D eigenvalue weighted by Crippen LogP contribution is 2.32. The van der Waals surface area contributed by atoms with Crippen molar-refractivity contribution in [2.75, 3.05) is 13.2 Å². The first-order valence-corrected chi connectivity index (χ1v) is 6.69. The molecule has 0 bridgehead atoms. The van der Waals surface area contributed by atoms with Crippen molar-refractivity contribution in [2.45, 2.75) is 39.5 Å². The first-order valence-electron chi connectivity index (χ1n) is 6.69. The lowest BCUT2D eigenvalue weighted by molar-refractivity contribution is -0.137. The van der Waals surface area contributed by atoms with Gasteiger partial charge in [-0.3, -0.25) is 4.79 Å². The van der Waals surface area contributed by atoms with Crippen molar-refractivity contribution in [2.24, 2.45) is 0 Å². The lowest BCUT2D eigenvalue weighted by Gasteiger charge is -2.15. The Balaban J connectivity index is 2.84. The van der Waals surface area contributed by atoms with Gasteiger partial charge in [-0.25, -0.2) is 0 Å². The third-order valence-electron chi connectivity index (χ3n) is 2.93. The van der Waals surface area contributed by atoms with E-state index in [1.54, 1.807) is 0 Å². The molecular weight excluding hydrogens is 244 g/mol. The molecule has 4 nitrogen and oxygen atoms in total. The molecule has 0 fully saturated rings. The summed E-state index contributed by atoms with van der Waals surface area (Å²) in [5.41, 5.74) is 1.08. The highest BCUT2D eigenvalue weighted by Gasteiger charge is 2.12. The fourth-order valence-electron chi connectivity index (χ4n) is 1.88. The summed E-state index contributed by atoms with van der Waals surface area (Å²) in [5.74, 6) is 0.886. The number of hydrogen-bond donors (Lipinski definition) is 1. The summed E-state index contributed by atoms with van der Waals surface area (Å²) in [6.07, 6.45) is 0.799. The third kappa shape index (κ3) is 4.81. The van der Waals surface area contributed by atoms with Crippen LogP contribution in [-0.2, 0) is 4.79 Å². The van der Waals surface area contributed by atoms with E-state index in [-0.39, 0.29) is 12.3 Å². The van der Waals surface area contributed by atoms with Gasteiger partial charge in [0.05, 0.1) is 13.2 Å². The van der Waals surface area contributed by atoms with Crippen molar-refractivity contribution >= 4 is 5.97 Å². The highest BCUT2D eigenvalue weighted by molar-refractivity contribution is 5.66. The van der Waals surface area contributed by atoms with E-state index in [1.807, 2.05) is 39.0 Å². The van der Waals surface area contributed by atoms with Crippen molar-refractivity contribution < 1.29 is 19.4 Å². The van der Waals surface area contributed by atoms with E-state index in [0.29, 0.717) is 19.6 Å². The van der Waals surface area contributed by atoms with Crippen LogP contribution >= 0.6 is 0 Å². The second kappa shape index (κ2) is 7.67. The Morgan fingerprint density at radius 3 is 2.42 bits per heavy atom. The standard InChI is InChI=1S/C15H22O4/c1-4-18-13-8-7-12(10-14(13)19-5-2)11(3)6-9-15(16)17/h7-8,10-11H,4-6,9H2,1-3H3,(H,16,17). The Morgan fingerprint density at radius 2 is 1.84 bits per heavy atom. The van der Waals surface area contributed by atoms with Gasteiger partial charge in [0, 0.05) is 6.42 Å². The zero-order chi connectivity index (χ0) is 14.3. The van der Waals surface area contributed by atoms with E-state index in [4.69, 9.17) is 14.6 Å². The maximum atomic E-state index is 10.6. The molecule has 0 aliphatic heterocycles. The summed E-state index contributed by atoms with van der Waals surface area (Å²) >= 11 is 0. The molecule has 0 radical (unpaired) electrons. The molecule has 1 unspecified atom stereocenters. The molecule has 1 atom stereocenters. The zero-order valence-electron chi connectivity index (χ0n) is 11.8. The topological polar surface area (TPSA) is 55.8 Å². The Kier molecular flexibility index (Phi) is 6.19. The van der Waals surface area contributed by atoms with Crippen LogP contribution in [0.5, 0.6) is 11.5 Å². The molecule has 0 aliphatic carbocycles. The summed E-state index contributed by atoms with van der Waals surface area (Å²) in [6, 6.07) is 5.81. The summed E-state index contributed by atoms with van der Waals surface area (Å²) in [6.45, 7) is 7.05. The van der Waals surface area contributed by atoms with Crippen LogP contribution in [0.25, 0.3) is 0 Å². The Bertz CT molecular complexity index is 415. The van der Waals surface area contributed by atoms with Crippen LogP contribution in [-0.4, -0.2) is 24.3 Å². The summed E-state index contributed by atoms with van der Waals surface area (Å²) < 4.78 is 11.1. The monoisotopic (exact) mass is 266 g/mol. The van der Waals surface area contributed by atoms with Gasteiger partial charge < -0.3 is 14.6 Å².